The molecule has 3 rings (SSSR count). The first kappa shape index (κ1) is 13.7. The number of rotatable bonds is 4. The van der Waals surface area contributed by atoms with Crippen molar-refractivity contribution in [3.63, 3.8) is 0 Å². The van der Waals surface area contributed by atoms with Crippen LogP contribution in [0.25, 0.3) is 0 Å². The van der Waals surface area contributed by atoms with Crippen LogP contribution in [0, 0.1) is 0 Å². The van der Waals surface area contributed by atoms with Crippen molar-refractivity contribution in [2.45, 2.75) is 19.5 Å². The molecule has 1 atom stereocenters. The van der Waals surface area contributed by atoms with E-state index in [1.807, 2.05) is 11.7 Å². The Morgan fingerprint density at radius 3 is 2.70 bits per heavy atom. The molecule has 1 saturated heterocycles. The van der Waals surface area contributed by atoms with Crippen molar-refractivity contribution in [2.24, 2.45) is 7.05 Å². The Kier molecular flexibility index (Phi) is 4.14. The van der Waals surface area contributed by atoms with Gasteiger partial charge >= 0.3 is 0 Å². The summed E-state index contributed by atoms with van der Waals surface area (Å²) < 4.78 is 1.86. The van der Waals surface area contributed by atoms with Crippen LogP contribution >= 0.6 is 11.3 Å². The average Bonchev–Trinajstić information content (AvgIpc) is 3.12. The lowest BCUT2D eigenvalue weighted by Crippen LogP contribution is -2.46. The predicted octanol–water partition coefficient (Wildman–Crippen LogP) is 1.76. The third-order valence-electron chi connectivity index (χ3n) is 4.15. The molecule has 0 amide bonds. The number of nitrogens with zero attached hydrogens (tertiary/aromatic N) is 5. The Balaban J connectivity index is 1.53. The fourth-order valence-corrected chi connectivity index (χ4v) is 3.44. The van der Waals surface area contributed by atoms with Gasteiger partial charge in [0.15, 0.2) is 0 Å². The van der Waals surface area contributed by atoms with Gasteiger partial charge in [-0.05, 0) is 29.3 Å². The van der Waals surface area contributed by atoms with Crippen LogP contribution in [0.4, 0.5) is 0 Å². The zero-order valence-corrected chi connectivity index (χ0v) is 12.9. The lowest BCUT2D eigenvalue weighted by Gasteiger charge is -2.37. The lowest BCUT2D eigenvalue weighted by molar-refractivity contribution is 0.0956. The van der Waals surface area contributed by atoms with E-state index in [1.54, 1.807) is 17.7 Å². The Morgan fingerprint density at radius 1 is 1.30 bits per heavy atom. The third-order valence-corrected chi connectivity index (χ3v) is 4.85. The molecule has 2 aromatic rings. The van der Waals surface area contributed by atoms with E-state index >= 15 is 0 Å². The minimum atomic E-state index is 0.526. The van der Waals surface area contributed by atoms with E-state index in [1.165, 1.54) is 5.56 Å². The van der Waals surface area contributed by atoms with Gasteiger partial charge in [-0.25, -0.2) is 4.98 Å². The predicted molar refractivity (Wildman–Crippen MR) is 80.6 cm³/mol. The first-order valence-electron chi connectivity index (χ1n) is 7.05. The van der Waals surface area contributed by atoms with Crippen LogP contribution in [-0.4, -0.2) is 50.7 Å². The van der Waals surface area contributed by atoms with E-state index in [0.29, 0.717) is 6.04 Å². The summed E-state index contributed by atoms with van der Waals surface area (Å²) in [5.74, 6) is 1.05. The number of aryl methyl sites for hydroxylation is 1. The Bertz CT molecular complexity index is 528. The van der Waals surface area contributed by atoms with Crippen LogP contribution < -0.4 is 0 Å². The summed E-state index contributed by atoms with van der Waals surface area (Å²) >= 11 is 1.78. The van der Waals surface area contributed by atoms with Gasteiger partial charge in [0.2, 0.25) is 0 Å². The first-order valence-corrected chi connectivity index (χ1v) is 7.99. The molecule has 1 aliphatic heterocycles. The molecule has 5 nitrogen and oxygen atoms in total. The minimum absolute atomic E-state index is 0.526. The second-order valence-electron chi connectivity index (χ2n) is 5.34. The SMILES string of the molecule is C[C@@H](c1ccsc1)N1CCN(Cc2ncnn2C)CC1. The summed E-state index contributed by atoms with van der Waals surface area (Å²) in [6.45, 7) is 7.64. The second-order valence-corrected chi connectivity index (χ2v) is 6.12. The van der Waals surface area contributed by atoms with Crippen molar-refractivity contribution >= 4 is 11.3 Å². The smallest absolute Gasteiger partial charge is 0.140 e. The van der Waals surface area contributed by atoms with Gasteiger partial charge in [-0.1, -0.05) is 0 Å². The normalized spacial score (nSPS) is 19.3. The molecule has 0 radical (unpaired) electrons. The van der Waals surface area contributed by atoms with Gasteiger partial charge in [-0.3, -0.25) is 14.5 Å². The minimum Gasteiger partial charge on any atom is -0.294 e. The number of thiophene rings is 1. The van der Waals surface area contributed by atoms with Crippen molar-refractivity contribution < 1.29 is 0 Å². The summed E-state index contributed by atoms with van der Waals surface area (Å²) in [6, 6.07) is 2.76. The highest BCUT2D eigenvalue weighted by Crippen LogP contribution is 2.23. The summed E-state index contributed by atoms with van der Waals surface area (Å²) in [5, 5.41) is 8.55. The average molecular weight is 291 g/mol. The van der Waals surface area contributed by atoms with Gasteiger partial charge in [-0.15, -0.1) is 0 Å². The highest BCUT2D eigenvalue weighted by atomic mass is 32.1. The molecule has 6 heteroatoms. The molecule has 0 saturated carbocycles. The first-order chi connectivity index (χ1) is 9.74. The number of piperazine rings is 1. The van der Waals surface area contributed by atoms with Gasteiger partial charge in [0.1, 0.15) is 12.2 Å². The van der Waals surface area contributed by atoms with Crippen molar-refractivity contribution in [1.82, 2.24) is 24.6 Å². The van der Waals surface area contributed by atoms with Crippen LogP contribution in [0.2, 0.25) is 0 Å². The van der Waals surface area contributed by atoms with Gasteiger partial charge < -0.3 is 0 Å². The van der Waals surface area contributed by atoms with E-state index in [0.717, 1.165) is 38.5 Å². The molecule has 0 spiro atoms. The molecule has 20 heavy (non-hydrogen) atoms. The van der Waals surface area contributed by atoms with Gasteiger partial charge in [0.25, 0.3) is 0 Å². The van der Waals surface area contributed by atoms with Crippen molar-refractivity contribution in [3.8, 4) is 0 Å². The molecule has 1 aliphatic rings. The van der Waals surface area contributed by atoms with Crippen molar-refractivity contribution in [1.29, 1.82) is 0 Å². The molecule has 0 N–H and O–H groups in total. The van der Waals surface area contributed by atoms with E-state index in [2.05, 4.69) is 43.6 Å². The van der Waals surface area contributed by atoms with Gasteiger partial charge in [0.05, 0.1) is 6.54 Å². The zero-order valence-electron chi connectivity index (χ0n) is 12.1. The molecular weight excluding hydrogens is 270 g/mol. The molecule has 3 heterocycles. The van der Waals surface area contributed by atoms with Crippen molar-refractivity contribution in [2.75, 3.05) is 26.2 Å². The van der Waals surface area contributed by atoms with E-state index in [-0.39, 0.29) is 0 Å². The Morgan fingerprint density at radius 2 is 2.10 bits per heavy atom. The summed E-state index contributed by atoms with van der Waals surface area (Å²) in [4.78, 5) is 9.33. The van der Waals surface area contributed by atoms with E-state index in [9.17, 15) is 0 Å². The molecule has 108 valence electrons. The van der Waals surface area contributed by atoms with E-state index < -0.39 is 0 Å². The standard InChI is InChI=1S/C14H21N5S/c1-12(13-3-8-20-10-13)19-6-4-18(5-7-19)9-14-15-11-16-17(14)2/h3,8,10-12H,4-7,9H2,1-2H3/t12-/m0/s1. The van der Waals surface area contributed by atoms with Gasteiger partial charge in [-0.2, -0.15) is 16.4 Å². The lowest BCUT2D eigenvalue weighted by atomic mass is 10.1. The summed E-state index contributed by atoms with van der Waals surface area (Å²) in [5.41, 5.74) is 1.44. The van der Waals surface area contributed by atoms with Crippen LogP contribution in [-0.2, 0) is 13.6 Å². The maximum Gasteiger partial charge on any atom is 0.140 e. The summed E-state index contributed by atoms with van der Waals surface area (Å²) in [6.07, 6.45) is 1.63. The van der Waals surface area contributed by atoms with Crippen LogP contribution in [0.15, 0.2) is 23.2 Å². The number of hydrogen-bond donors (Lipinski definition) is 0. The van der Waals surface area contributed by atoms with Gasteiger partial charge in [0, 0.05) is 39.3 Å². The molecule has 0 aliphatic carbocycles. The largest absolute Gasteiger partial charge is 0.294 e. The molecule has 2 aromatic heterocycles. The topological polar surface area (TPSA) is 37.2 Å². The number of aromatic nitrogens is 3. The highest BCUT2D eigenvalue weighted by molar-refractivity contribution is 7.07. The zero-order chi connectivity index (χ0) is 13.9. The maximum atomic E-state index is 4.30. The molecule has 0 aromatic carbocycles. The molecule has 0 unspecified atom stereocenters. The molecular formula is C14H21N5S. The van der Waals surface area contributed by atoms with Crippen LogP contribution in [0.3, 0.4) is 0 Å². The van der Waals surface area contributed by atoms with Crippen molar-refractivity contribution in [3.05, 3.63) is 34.5 Å². The van der Waals surface area contributed by atoms with E-state index in [4.69, 9.17) is 0 Å². The summed E-state index contributed by atoms with van der Waals surface area (Å²) in [7, 11) is 1.96. The Hall–Kier alpha value is -1.24. The second kappa shape index (κ2) is 6.03. The monoisotopic (exact) mass is 291 g/mol. The fraction of sp³-hybridized carbons (Fsp3) is 0.571. The molecule has 0 bridgehead atoms. The fourth-order valence-electron chi connectivity index (χ4n) is 2.70. The van der Waals surface area contributed by atoms with Crippen LogP contribution in [0.5, 0.6) is 0 Å². The number of hydrogen-bond acceptors (Lipinski definition) is 5. The third kappa shape index (κ3) is 2.92. The Labute approximate surface area is 123 Å². The molecule has 1 fully saturated rings. The quantitative estimate of drug-likeness (QED) is 0.860. The maximum absolute atomic E-state index is 4.30. The highest BCUT2D eigenvalue weighted by Gasteiger charge is 2.22. The van der Waals surface area contributed by atoms with Crippen LogP contribution in [0.1, 0.15) is 24.4 Å².